The molecule has 0 spiro atoms. The van der Waals surface area contributed by atoms with Gasteiger partial charge in [0.2, 0.25) is 0 Å². The highest BCUT2D eigenvalue weighted by Gasteiger charge is 2.53. The van der Waals surface area contributed by atoms with Gasteiger partial charge >= 0.3 is 7.12 Å². The van der Waals surface area contributed by atoms with Crippen LogP contribution in [0.4, 0.5) is 0 Å². The SMILES string of the molecule is CCCCCCCCCC(Cc1ccccc1)B1OC(C)(C)C(C)(C)O1. The number of benzene rings is 1. The van der Waals surface area contributed by atoms with E-state index < -0.39 is 0 Å². The lowest BCUT2D eigenvalue weighted by Crippen LogP contribution is -2.41. The third kappa shape index (κ3) is 6.13. The Bertz CT molecular complexity index is 496. The van der Waals surface area contributed by atoms with E-state index in [4.69, 9.17) is 9.31 Å². The summed E-state index contributed by atoms with van der Waals surface area (Å²) in [5, 5.41) is 0. The van der Waals surface area contributed by atoms with Gasteiger partial charge in [-0.3, -0.25) is 0 Å². The molecule has 0 saturated carbocycles. The van der Waals surface area contributed by atoms with Gasteiger partial charge < -0.3 is 9.31 Å². The van der Waals surface area contributed by atoms with Gasteiger partial charge in [-0.25, -0.2) is 0 Å². The summed E-state index contributed by atoms with van der Waals surface area (Å²) < 4.78 is 12.8. The zero-order valence-corrected chi connectivity index (χ0v) is 17.7. The first-order valence-electron chi connectivity index (χ1n) is 10.8. The summed E-state index contributed by atoms with van der Waals surface area (Å²) in [7, 11) is -0.0969. The van der Waals surface area contributed by atoms with Gasteiger partial charge in [0.25, 0.3) is 0 Å². The highest BCUT2D eigenvalue weighted by Crippen LogP contribution is 2.42. The maximum atomic E-state index is 6.39. The molecule has 3 heteroatoms. The van der Waals surface area contributed by atoms with Gasteiger partial charge in [0, 0.05) is 0 Å². The Labute approximate surface area is 162 Å². The molecular formula is C23H39BO2. The molecule has 1 atom stereocenters. The quantitative estimate of drug-likeness (QED) is 0.319. The van der Waals surface area contributed by atoms with Crippen molar-refractivity contribution in [3.8, 4) is 0 Å². The number of hydrogen-bond donors (Lipinski definition) is 0. The molecule has 1 unspecified atom stereocenters. The minimum Gasteiger partial charge on any atom is -0.403 e. The third-order valence-corrected chi connectivity index (χ3v) is 6.18. The molecule has 1 aromatic carbocycles. The molecule has 1 aliphatic rings. The number of unbranched alkanes of at least 4 members (excludes halogenated alkanes) is 6. The number of hydrogen-bond acceptors (Lipinski definition) is 2. The molecule has 2 rings (SSSR count). The van der Waals surface area contributed by atoms with Crippen molar-refractivity contribution in [3.63, 3.8) is 0 Å². The molecule has 1 saturated heterocycles. The Balaban J connectivity index is 1.90. The molecule has 0 N–H and O–H groups in total. The van der Waals surface area contributed by atoms with Crippen molar-refractivity contribution in [3.05, 3.63) is 35.9 Å². The van der Waals surface area contributed by atoms with Gasteiger partial charge in [0.05, 0.1) is 11.2 Å². The van der Waals surface area contributed by atoms with Crippen LogP contribution in [0, 0.1) is 0 Å². The molecule has 0 bridgehead atoms. The van der Waals surface area contributed by atoms with Gasteiger partial charge in [0.15, 0.2) is 0 Å². The summed E-state index contributed by atoms with van der Waals surface area (Å²) in [6.45, 7) is 10.9. The molecule has 1 fully saturated rings. The molecule has 1 aliphatic heterocycles. The number of rotatable bonds is 11. The summed E-state index contributed by atoms with van der Waals surface area (Å²) in [6, 6.07) is 10.8. The zero-order chi connectivity index (χ0) is 19.0. The van der Waals surface area contributed by atoms with Gasteiger partial charge in [0.1, 0.15) is 0 Å². The highest BCUT2D eigenvalue weighted by atomic mass is 16.7. The first kappa shape index (κ1) is 21.5. The van der Waals surface area contributed by atoms with Crippen molar-refractivity contribution < 1.29 is 9.31 Å². The molecule has 0 radical (unpaired) electrons. The summed E-state index contributed by atoms with van der Waals surface area (Å²) in [6.07, 6.45) is 11.6. The predicted molar refractivity (Wildman–Crippen MR) is 113 cm³/mol. The van der Waals surface area contributed by atoms with Crippen LogP contribution in [0.2, 0.25) is 5.82 Å². The second-order valence-corrected chi connectivity index (χ2v) is 8.98. The van der Waals surface area contributed by atoms with E-state index in [0.717, 1.165) is 6.42 Å². The monoisotopic (exact) mass is 358 g/mol. The van der Waals surface area contributed by atoms with Crippen molar-refractivity contribution in [2.75, 3.05) is 0 Å². The van der Waals surface area contributed by atoms with Crippen molar-refractivity contribution in [1.82, 2.24) is 0 Å². The Morgan fingerprint density at radius 1 is 0.808 bits per heavy atom. The normalized spacial score (nSPS) is 19.7. The van der Waals surface area contributed by atoms with E-state index in [-0.39, 0.29) is 18.3 Å². The molecule has 0 aliphatic carbocycles. The molecule has 0 amide bonds. The van der Waals surface area contributed by atoms with E-state index in [1.54, 1.807) is 0 Å². The second kappa shape index (κ2) is 9.94. The van der Waals surface area contributed by atoms with Crippen LogP contribution in [-0.2, 0) is 15.7 Å². The highest BCUT2D eigenvalue weighted by molar-refractivity contribution is 6.47. The Morgan fingerprint density at radius 3 is 1.92 bits per heavy atom. The van der Waals surface area contributed by atoms with Crippen LogP contribution in [0.15, 0.2) is 30.3 Å². The summed E-state index contributed by atoms with van der Waals surface area (Å²) in [5.41, 5.74) is 0.898. The smallest absolute Gasteiger partial charge is 0.403 e. The molecule has 0 aromatic heterocycles. The van der Waals surface area contributed by atoms with Crippen LogP contribution in [0.3, 0.4) is 0 Å². The topological polar surface area (TPSA) is 18.5 Å². The molecule has 2 nitrogen and oxygen atoms in total. The van der Waals surface area contributed by atoms with Gasteiger partial charge in [-0.05, 0) is 45.5 Å². The fourth-order valence-corrected chi connectivity index (χ4v) is 3.70. The van der Waals surface area contributed by atoms with E-state index in [0.29, 0.717) is 5.82 Å². The first-order chi connectivity index (χ1) is 12.4. The summed E-state index contributed by atoms with van der Waals surface area (Å²) in [4.78, 5) is 0. The minimum atomic E-state index is -0.243. The lowest BCUT2D eigenvalue weighted by molar-refractivity contribution is 0.00578. The lowest BCUT2D eigenvalue weighted by atomic mass is 9.66. The molecular weight excluding hydrogens is 319 g/mol. The maximum Gasteiger partial charge on any atom is 0.461 e. The van der Waals surface area contributed by atoms with Gasteiger partial charge in [-0.15, -0.1) is 0 Å². The zero-order valence-electron chi connectivity index (χ0n) is 17.7. The van der Waals surface area contributed by atoms with Crippen molar-refractivity contribution in [2.45, 2.75) is 109 Å². The van der Waals surface area contributed by atoms with Crippen molar-refractivity contribution in [1.29, 1.82) is 0 Å². The Morgan fingerprint density at radius 2 is 1.35 bits per heavy atom. The van der Waals surface area contributed by atoms with E-state index in [9.17, 15) is 0 Å². The molecule has 1 aromatic rings. The molecule has 1 heterocycles. The standard InChI is InChI=1S/C23H39BO2/c1-6-7-8-9-10-11-15-18-21(19-20-16-13-12-14-17-20)24-25-22(2,3)23(4,5)26-24/h12-14,16-17,21H,6-11,15,18-19H2,1-5H3. The fraction of sp³-hybridized carbons (Fsp3) is 0.739. The van der Waals surface area contributed by atoms with Crippen molar-refractivity contribution in [2.24, 2.45) is 0 Å². The van der Waals surface area contributed by atoms with E-state index in [1.807, 2.05) is 0 Å². The van der Waals surface area contributed by atoms with Gasteiger partial charge in [-0.2, -0.15) is 0 Å². The Hall–Kier alpha value is -0.795. The first-order valence-corrected chi connectivity index (χ1v) is 10.8. The average molecular weight is 358 g/mol. The van der Waals surface area contributed by atoms with E-state index >= 15 is 0 Å². The van der Waals surface area contributed by atoms with Gasteiger partial charge in [-0.1, -0.05) is 88.6 Å². The summed E-state index contributed by atoms with van der Waals surface area (Å²) in [5.74, 6) is 0.425. The summed E-state index contributed by atoms with van der Waals surface area (Å²) >= 11 is 0. The third-order valence-electron chi connectivity index (χ3n) is 6.18. The molecule has 26 heavy (non-hydrogen) atoms. The van der Waals surface area contributed by atoms with Crippen LogP contribution in [-0.4, -0.2) is 18.3 Å². The average Bonchev–Trinajstić information content (AvgIpc) is 2.81. The van der Waals surface area contributed by atoms with Crippen LogP contribution in [0.5, 0.6) is 0 Å². The van der Waals surface area contributed by atoms with E-state index in [1.165, 1.54) is 56.9 Å². The Kier molecular flexibility index (Phi) is 8.22. The molecule has 146 valence electrons. The predicted octanol–water partition coefficient (Wildman–Crippen LogP) is 6.83. The van der Waals surface area contributed by atoms with Crippen LogP contribution < -0.4 is 0 Å². The largest absolute Gasteiger partial charge is 0.461 e. The van der Waals surface area contributed by atoms with Crippen molar-refractivity contribution >= 4 is 7.12 Å². The maximum absolute atomic E-state index is 6.39. The van der Waals surface area contributed by atoms with E-state index in [2.05, 4.69) is 65.0 Å². The second-order valence-electron chi connectivity index (χ2n) is 8.98. The van der Waals surface area contributed by atoms with Crippen LogP contribution in [0.25, 0.3) is 0 Å². The fourth-order valence-electron chi connectivity index (χ4n) is 3.70. The van der Waals surface area contributed by atoms with Crippen LogP contribution >= 0.6 is 0 Å². The van der Waals surface area contributed by atoms with Crippen LogP contribution in [0.1, 0.15) is 91.5 Å². The lowest BCUT2D eigenvalue weighted by Gasteiger charge is -2.32. The minimum absolute atomic E-state index is 0.0969.